The Balaban J connectivity index is 0.00000264. The van der Waals surface area contributed by atoms with Crippen LogP contribution in [0.15, 0.2) is 23.3 Å². The van der Waals surface area contributed by atoms with Gasteiger partial charge in [-0.2, -0.15) is 4.79 Å². The van der Waals surface area contributed by atoms with Crippen LogP contribution in [-0.2, 0) is 14.2 Å². The molecule has 0 bridgehead atoms. The highest BCUT2D eigenvalue weighted by Crippen LogP contribution is 2.26. The summed E-state index contributed by atoms with van der Waals surface area (Å²) in [5.74, 6) is 1.48. The van der Waals surface area contributed by atoms with Gasteiger partial charge in [-0.25, -0.2) is 0 Å². The lowest BCUT2D eigenvalue weighted by atomic mass is 10.0. The maximum Gasteiger partial charge on any atom is 0.341 e. The minimum Gasteiger partial charge on any atom is -0.495 e. The molecule has 1 aliphatic carbocycles. The van der Waals surface area contributed by atoms with E-state index in [0.29, 0.717) is 44.3 Å². The highest BCUT2D eigenvalue weighted by Gasteiger charge is 2.30. The van der Waals surface area contributed by atoms with Crippen molar-refractivity contribution in [3.63, 3.8) is 0 Å². The Bertz CT molecular complexity index is 493. The second-order valence-corrected chi connectivity index (χ2v) is 5.34. The Morgan fingerprint density at radius 1 is 1.17 bits per heavy atom. The molecule has 0 radical (unpaired) electrons. The van der Waals surface area contributed by atoms with Crippen LogP contribution < -0.4 is 0 Å². The standard InChI is InChI=1S/C16H25N3O3.ClH/c1-3-7-21-15-12-14(19-5-9-20-10-6-19)16(22-8-4-2)11-13(15)18-17;/h12H,3-11H2,1-2H3;1H. The molecular weight excluding hydrogens is 318 g/mol. The van der Waals surface area contributed by atoms with Gasteiger partial charge in [0.2, 0.25) is 5.76 Å². The Hall–Kier alpha value is -1.49. The SMILES string of the molecule is CCCOC1=CC(N2CCOCC2)=C(OCCC)CC1=[N+]=[N-].Cl. The molecule has 130 valence electrons. The van der Waals surface area contributed by atoms with Crippen molar-refractivity contribution in [2.75, 3.05) is 39.5 Å². The molecule has 1 fully saturated rings. The number of hydrogen-bond donors (Lipinski definition) is 0. The van der Waals surface area contributed by atoms with Gasteiger partial charge in [0.15, 0.2) is 0 Å². The summed E-state index contributed by atoms with van der Waals surface area (Å²) in [6, 6.07) is 0. The lowest BCUT2D eigenvalue weighted by Gasteiger charge is -2.32. The van der Waals surface area contributed by atoms with Gasteiger partial charge in [-0.15, -0.1) is 12.4 Å². The molecule has 0 N–H and O–H groups in total. The molecular formula is C16H26ClN3O3. The number of morpholine rings is 1. The van der Waals surface area contributed by atoms with E-state index in [4.69, 9.17) is 14.2 Å². The van der Waals surface area contributed by atoms with Crippen molar-refractivity contribution in [1.29, 1.82) is 0 Å². The Morgan fingerprint density at radius 2 is 1.83 bits per heavy atom. The van der Waals surface area contributed by atoms with Crippen molar-refractivity contribution in [2.45, 2.75) is 33.1 Å². The van der Waals surface area contributed by atoms with Crippen molar-refractivity contribution >= 4 is 18.1 Å². The zero-order valence-electron chi connectivity index (χ0n) is 13.9. The number of hydrogen-bond acceptors (Lipinski definition) is 4. The predicted octanol–water partition coefficient (Wildman–Crippen LogP) is 2.76. The van der Waals surface area contributed by atoms with E-state index in [2.05, 4.69) is 16.6 Å². The molecule has 0 unspecified atom stereocenters. The minimum absolute atomic E-state index is 0. The van der Waals surface area contributed by atoms with Gasteiger partial charge in [0, 0.05) is 19.2 Å². The van der Waals surface area contributed by atoms with E-state index in [9.17, 15) is 5.53 Å². The number of ether oxygens (including phenoxy) is 3. The summed E-state index contributed by atoms with van der Waals surface area (Å²) in [4.78, 5) is 5.63. The van der Waals surface area contributed by atoms with Gasteiger partial charge in [0.25, 0.3) is 0 Å². The van der Waals surface area contributed by atoms with E-state index in [1.807, 2.05) is 13.0 Å². The fourth-order valence-electron chi connectivity index (χ4n) is 2.46. The third-order valence-electron chi connectivity index (χ3n) is 3.58. The van der Waals surface area contributed by atoms with Crippen LogP contribution in [0.5, 0.6) is 0 Å². The van der Waals surface area contributed by atoms with Crippen molar-refractivity contribution < 1.29 is 19.0 Å². The number of rotatable bonds is 7. The van der Waals surface area contributed by atoms with Crippen LogP contribution in [0.3, 0.4) is 0 Å². The molecule has 2 aliphatic rings. The monoisotopic (exact) mass is 343 g/mol. The second-order valence-electron chi connectivity index (χ2n) is 5.34. The summed E-state index contributed by atoms with van der Waals surface area (Å²) >= 11 is 0. The molecule has 1 saturated heterocycles. The first-order valence-corrected chi connectivity index (χ1v) is 8.04. The first-order chi connectivity index (χ1) is 10.8. The maximum atomic E-state index is 9.26. The van der Waals surface area contributed by atoms with Gasteiger partial charge in [0.1, 0.15) is 12.2 Å². The fourth-order valence-corrected chi connectivity index (χ4v) is 2.46. The summed E-state index contributed by atoms with van der Waals surface area (Å²) in [5.41, 5.74) is 10.8. The van der Waals surface area contributed by atoms with Crippen molar-refractivity contribution in [3.8, 4) is 0 Å². The molecule has 0 aromatic heterocycles. The van der Waals surface area contributed by atoms with Gasteiger partial charge >= 0.3 is 5.71 Å². The predicted molar refractivity (Wildman–Crippen MR) is 90.5 cm³/mol. The third kappa shape index (κ3) is 5.27. The zero-order chi connectivity index (χ0) is 15.8. The van der Waals surface area contributed by atoms with Crippen LogP contribution in [0.25, 0.3) is 5.53 Å². The molecule has 0 aromatic carbocycles. The van der Waals surface area contributed by atoms with Gasteiger partial charge in [0.05, 0.1) is 32.1 Å². The third-order valence-corrected chi connectivity index (χ3v) is 3.58. The smallest absolute Gasteiger partial charge is 0.341 e. The van der Waals surface area contributed by atoms with E-state index in [1.165, 1.54) is 0 Å². The topological polar surface area (TPSA) is 67.3 Å². The number of halogens is 1. The molecule has 7 heteroatoms. The largest absolute Gasteiger partial charge is 0.495 e. The van der Waals surface area contributed by atoms with Crippen LogP contribution in [-0.4, -0.2) is 54.9 Å². The summed E-state index contributed by atoms with van der Waals surface area (Å²) in [5, 5.41) is 0. The van der Waals surface area contributed by atoms with Crippen LogP contribution in [0, 0.1) is 0 Å². The molecule has 2 rings (SSSR count). The quantitative estimate of drug-likeness (QED) is 0.526. The van der Waals surface area contributed by atoms with E-state index in [0.717, 1.165) is 37.4 Å². The van der Waals surface area contributed by atoms with E-state index in [-0.39, 0.29) is 12.4 Å². The summed E-state index contributed by atoms with van der Waals surface area (Å²) in [6.45, 7) is 8.47. The maximum absolute atomic E-state index is 9.26. The number of allylic oxidation sites excluding steroid dienone is 3. The zero-order valence-corrected chi connectivity index (χ0v) is 14.7. The van der Waals surface area contributed by atoms with Crippen molar-refractivity contribution in [3.05, 3.63) is 28.8 Å². The van der Waals surface area contributed by atoms with Gasteiger partial charge < -0.3 is 24.6 Å². The summed E-state index contributed by atoms with van der Waals surface area (Å²) in [7, 11) is 0. The molecule has 0 saturated carbocycles. The average Bonchev–Trinajstić information content (AvgIpc) is 2.58. The highest BCUT2D eigenvalue weighted by molar-refractivity contribution is 5.97. The van der Waals surface area contributed by atoms with Gasteiger partial charge in [-0.3, -0.25) is 0 Å². The van der Waals surface area contributed by atoms with Crippen LogP contribution in [0.4, 0.5) is 0 Å². The molecule has 1 aliphatic heterocycles. The first kappa shape index (κ1) is 19.6. The Labute approximate surface area is 144 Å². The molecule has 0 atom stereocenters. The molecule has 23 heavy (non-hydrogen) atoms. The van der Waals surface area contributed by atoms with E-state index >= 15 is 0 Å². The second kappa shape index (κ2) is 10.3. The fraction of sp³-hybridized carbons (Fsp3) is 0.688. The highest BCUT2D eigenvalue weighted by atomic mass is 35.5. The van der Waals surface area contributed by atoms with Crippen LogP contribution >= 0.6 is 12.4 Å². The van der Waals surface area contributed by atoms with Crippen LogP contribution in [0.2, 0.25) is 0 Å². The normalized spacial score (nSPS) is 18.1. The number of nitrogens with zero attached hydrogens (tertiary/aromatic N) is 3. The average molecular weight is 344 g/mol. The lowest BCUT2D eigenvalue weighted by molar-refractivity contribution is -0.0144. The first-order valence-electron chi connectivity index (χ1n) is 8.04. The summed E-state index contributed by atoms with van der Waals surface area (Å²) in [6.07, 6.45) is 4.24. The van der Waals surface area contributed by atoms with E-state index in [1.54, 1.807) is 0 Å². The van der Waals surface area contributed by atoms with Gasteiger partial charge in [-0.1, -0.05) is 13.8 Å². The van der Waals surface area contributed by atoms with Crippen molar-refractivity contribution in [1.82, 2.24) is 4.90 Å². The van der Waals surface area contributed by atoms with Crippen LogP contribution in [0.1, 0.15) is 33.1 Å². The van der Waals surface area contributed by atoms with Crippen molar-refractivity contribution in [2.24, 2.45) is 0 Å². The molecule has 6 nitrogen and oxygen atoms in total. The Kier molecular flexibility index (Phi) is 8.77. The summed E-state index contributed by atoms with van der Waals surface area (Å²) < 4.78 is 17.0. The van der Waals surface area contributed by atoms with Gasteiger partial charge in [-0.05, 0) is 12.8 Å². The molecule has 0 aromatic rings. The lowest BCUT2D eigenvalue weighted by Crippen LogP contribution is -2.37. The molecule has 0 spiro atoms. The van der Waals surface area contributed by atoms with E-state index < -0.39 is 0 Å². The minimum atomic E-state index is 0. The Morgan fingerprint density at radius 3 is 2.43 bits per heavy atom. The molecule has 0 amide bonds. The molecule has 1 heterocycles.